The van der Waals surface area contributed by atoms with Gasteiger partial charge >= 0.3 is 0 Å². The second-order valence-corrected chi connectivity index (χ2v) is 10.4. The molecule has 0 bridgehead atoms. The lowest BCUT2D eigenvalue weighted by Gasteiger charge is -2.16. The Morgan fingerprint density at radius 3 is 2.27 bits per heavy atom. The molecule has 5 rings (SSSR count). The van der Waals surface area contributed by atoms with Crippen LogP contribution in [0.1, 0.15) is 40.1 Å². The lowest BCUT2D eigenvalue weighted by molar-refractivity contribution is 0.0963. The van der Waals surface area contributed by atoms with E-state index in [-0.39, 0.29) is 11.7 Å². The summed E-state index contributed by atoms with van der Waals surface area (Å²) in [4.78, 5) is 25.2. The molecule has 0 radical (unpaired) electrons. The van der Waals surface area contributed by atoms with Crippen LogP contribution in [-0.2, 0) is 6.54 Å². The molecule has 6 nitrogen and oxygen atoms in total. The molecule has 2 amide bonds. The summed E-state index contributed by atoms with van der Waals surface area (Å²) in [6, 6.07) is 25.1. The van der Waals surface area contributed by atoms with E-state index < -0.39 is 5.91 Å². The molecule has 0 unspecified atom stereocenters. The van der Waals surface area contributed by atoms with E-state index in [1.165, 1.54) is 12.1 Å². The summed E-state index contributed by atoms with van der Waals surface area (Å²) in [5.41, 5.74) is 12.3. The topological polar surface area (TPSA) is 97.4 Å². The first-order chi connectivity index (χ1) is 19.8. The summed E-state index contributed by atoms with van der Waals surface area (Å²) in [6.07, 6.45) is 0. The number of primary amides is 1. The highest BCUT2D eigenvalue weighted by atomic mass is 19.1. The first-order valence-corrected chi connectivity index (χ1v) is 13.5. The molecular weight excluding hydrogens is 517 g/mol. The number of nitrogens with two attached hydrogens (primary N) is 1. The van der Waals surface area contributed by atoms with E-state index in [9.17, 15) is 14.0 Å². The molecule has 41 heavy (non-hydrogen) atoms. The molecule has 0 saturated carbocycles. The summed E-state index contributed by atoms with van der Waals surface area (Å²) in [6.45, 7) is 5.73. The Bertz CT molecular complexity index is 1740. The van der Waals surface area contributed by atoms with Crippen LogP contribution in [-0.4, -0.2) is 25.4 Å². The molecule has 4 aromatic carbocycles. The molecule has 0 fully saturated rings. The molecule has 1 heterocycles. The van der Waals surface area contributed by atoms with Crippen molar-refractivity contribution in [3.05, 3.63) is 107 Å². The number of hydrogen-bond acceptors (Lipinski definition) is 4. The number of fused-ring (bicyclic) bond motifs is 1. The van der Waals surface area contributed by atoms with Crippen molar-refractivity contribution in [1.82, 2.24) is 10.6 Å². The second kappa shape index (κ2) is 11.8. The van der Waals surface area contributed by atoms with Crippen molar-refractivity contribution in [3.8, 4) is 33.6 Å². The number of carbonyl (C=O) groups excluding carboxylic acids is 2. The second-order valence-electron chi connectivity index (χ2n) is 10.4. The maximum absolute atomic E-state index is 13.6. The molecule has 0 saturated heterocycles. The SMILES string of the molecule is CNC(=O)c1c(-c2ccc(F)cc2)oc2ccc(-c3ccc(-c4ccccc4C(N)=O)c(CNCC(C)C)c3)cc12. The van der Waals surface area contributed by atoms with Gasteiger partial charge in [-0.05, 0) is 88.8 Å². The zero-order valence-corrected chi connectivity index (χ0v) is 23.3. The summed E-state index contributed by atoms with van der Waals surface area (Å²) < 4.78 is 19.7. The van der Waals surface area contributed by atoms with Gasteiger partial charge in [0.15, 0.2) is 0 Å². The summed E-state index contributed by atoms with van der Waals surface area (Å²) in [5.74, 6) is -0.281. The van der Waals surface area contributed by atoms with Crippen molar-refractivity contribution in [1.29, 1.82) is 0 Å². The van der Waals surface area contributed by atoms with E-state index in [1.807, 2.05) is 42.5 Å². The summed E-state index contributed by atoms with van der Waals surface area (Å²) in [7, 11) is 1.57. The lowest BCUT2D eigenvalue weighted by atomic mass is 9.91. The molecule has 0 aliphatic heterocycles. The average Bonchev–Trinajstić information content (AvgIpc) is 3.35. The fraction of sp³-hybridized carbons (Fsp3) is 0.176. The van der Waals surface area contributed by atoms with Crippen LogP contribution in [0, 0.1) is 11.7 Å². The third kappa shape index (κ3) is 5.76. The Morgan fingerprint density at radius 1 is 0.878 bits per heavy atom. The van der Waals surface area contributed by atoms with Gasteiger partial charge in [-0.25, -0.2) is 4.39 Å². The van der Waals surface area contributed by atoms with Crippen LogP contribution in [0.15, 0.2) is 89.3 Å². The number of carbonyl (C=O) groups is 2. The van der Waals surface area contributed by atoms with Crippen LogP contribution in [0.2, 0.25) is 0 Å². The highest BCUT2D eigenvalue weighted by Crippen LogP contribution is 2.37. The Hall–Kier alpha value is -4.75. The number of amides is 2. The lowest BCUT2D eigenvalue weighted by Crippen LogP contribution is -2.19. The molecule has 5 aromatic rings. The van der Waals surface area contributed by atoms with Gasteiger partial charge in [0.1, 0.15) is 17.2 Å². The van der Waals surface area contributed by atoms with Gasteiger partial charge in [0, 0.05) is 30.1 Å². The van der Waals surface area contributed by atoms with Crippen LogP contribution >= 0.6 is 0 Å². The molecule has 0 aliphatic carbocycles. The van der Waals surface area contributed by atoms with Crippen LogP contribution < -0.4 is 16.4 Å². The number of furan rings is 1. The number of halogens is 1. The minimum Gasteiger partial charge on any atom is -0.455 e. The Morgan fingerprint density at radius 2 is 1.56 bits per heavy atom. The van der Waals surface area contributed by atoms with E-state index in [2.05, 4.69) is 30.5 Å². The van der Waals surface area contributed by atoms with Gasteiger partial charge < -0.3 is 20.8 Å². The number of nitrogens with one attached hydrogen (secondary N) is 2. The van der Waals surface area contributed by atoms with E-state index in [0.29, 0.717) is 45.9 Å². The first-order valence-electron chi connectivity index (χ1n) is 13.5. The van der Waals surface area contributed by atoms with Gasteiger partial charge in [-0.2, -0.15) is 0 Å². The molecule has 7 heteroatoms. The highest BCUT2D eigenvalue weighted by Gasteiger charge is 2.22. The normalized spacial score (nSPS) is 11.2. The molecular formula is C34H32FN3O3. The quantitative estimate of drug-likeness (QED) is 0.189. The largest absolute Gasteiger partial charge is 0.455 e. The molecule has 208 valence electrons. The Balaban J connectivity index is 1.63. The third-order valence-corrected chi connectivity index (χ3v) is 7.04. The highest BCUT2D eigenvalue weighted by molar-refractivity contribution is 6.11. The smallest absolute Gasteiger partial charge is 0.255 e. The number of hydrogen-bond donors (Lipinski definition) is 3. The van der Waals surface area contributed by atoms with Gasteiger partial charge in [0.25, 0.3) is 5.91 Å². The van der Waals surface area contributed by atoms with Crippen molar-refractivity contribution in [2.75, 3.05) is 13.6 Å². The van der Waals surface area contributed by atoms with Crippen molar-refractivity contribution in [2.24, 2.45) is 11.7 Å². The fourth-order valence-electron chi connectivity index (χ4n) is 5.04. The van der Waals surface area contributed by atoms with Crippen LogP contribution in [0.5, 0.6) is 0 Å². The van der Waals surface area contributed by atoms with Gasteiger partial charge in [-0.15, -0.1) is 0 Å². The summed E-state index contributed by atoms with van der Waals surface area (Å²) in [5, 5.41) is 6.87. The van der Waals surface area contributed by atoms with Crippen LogP contribution in [0.4, 0.5) is 4.39 Å². The van der Waals surface area contributed by atoms with Gasteiger partial charge in [0.2, 0.25) is 5.91 Å². The van der Waals surface area contributed by atoms with Crippen LogP contribution in [0.25, 0.3) is 44.5 Å². The van der Waals surface area contributed by atoms with E-state index in [0.717, 1.165) is 34.4 Å². The zero-order chi connectivity index (χ0) is 29.1. The van der Waals surface area contributed by atoms with Crippen molar-refractivity contribution in [2.45, 2.75) is 20.4 Å². The number of rotatable bonds is 9. The predicted molar refractivity (Wildman–Crippen MR) is 161 cm³/mol. The van der Waals surface area contributed by atoms with Gasteiger partial charge in [0.05, 0.1) is 5.56 Å². The van der Waals surface area contributed by atoms with Gasteiger partial charge in [-0.1, -0.05) is 50.2 Å². The van der Waals surface area contributed by atoms with E-state index in [4.69, 9.17) is 10.2 Å². The monoisotopic (exact) mass is 549 g/mol. The standard InChI is InChI=1S/C34H32FN3O3/c1-20(2)18-38-19-24-16-22(10-14-26(24)27-6-4-5-7-28(27)33(36)39)23-11-15-30-29(17-23)31(34(40)37-3)32(41-30)21-8-12-25(35)13-9-21/h4-17,20,38H,18-19H2,1-3H3,(H2,36,39)(H,37,40). The molecule has 0 atom stereocenters. The maximum atomic E-state index is 13.6. The molecule has 1 aromatic heterocycles. The molecule has 0 spiro atoms. The first kappa shape index (κ1) is 27.8. The van der Waals surface area contributed by atoms with Gasteiger partial charge in [-0.3, -0.25) is 9.59 Å². The minimum atomic E-state index is -0.477. The van der Waals surface area contributed by atoms with Crippen molar-refractivity contribution < 1.29 is 18.4 Å². The average molecular weight is 550 g/mol. The van der Waals surface area contributed by atoms with Crippen molar-refractivity contribution in [3.63, 3.8) is 0 Å². The Kier molecular flexibility index (Phi) is 7.99. The van der Waals surface area contributed by atoms with Crippen LogP contribution in [0.3, 0.4) is 0 Å². The zero-order valence-electron chi connectivity index (χ0n) is 23.3. The predicted octanol–water partition coefficient (Wildman–Crippen LogP) is 6.78. The Labute approximate surface area is 238 Å². The van der Waals surface area contributed by atoms with E-state index in [1.54, 1.807) is 31.3 Å². The number of benzene rings is 4. The molecule has 4 N–H and O–H groups in total. The maximum Gasteiger partial charge on any atom is 0.255 e. The fourth-order valence-corrected chi connectivity index (χ4v) is 5.04. The summed E-state index contributed by atoms with van der Waals surface area (Å²) >= 11 is 0. The van der Waals surface area contributed by atoms with E-state index >= 15 is 0 Å². The molecule has 0 aliphatic rings. The third-order valence-electron chi connectivity index (χ3n) is 7.04. The minimum absolute atomic E-state index is 0.294. The van der Waals surface area contributed by atoms with Crippen molar-refractivity contribution >= 4 is 22.8 Å².